The van der Waals surface area contributed by atoms with Crippen molar-refractivity contribution in [2.75, 3.05) is 6.61 Å². The molecule has 27 heavy (non-hydrogen) atoms. The Labute approximate surface area is 158 Å². The summed E-state index contributed by atoms with van der Waals surface area (Å²) in [5.74, 6) is 0.00997. The lowest BCUT2D eigenvalue weighted by atomic mass is 10.0. The summed E-state index contributed by atoms with van der Waals surface area (Å²) in [6, 6.07) is 20.2. The number of Topliss-reactive ketones (excluding diaryl/α,β-unsaturated/α-hetero) is 1. The van der Waals surface area contributed by atoms with E-state index in [0.29, 0.717) is 17.7 Å². The number of carbonyl (C=O) groups excluding carboxylic acids is 1. The maximum atomic E-state index is 12.4. The molecule has 0 amide bonds. The summed E-state index contributed by atoms with van der Waals surface area (Å²) >= 11 is 0. The molecule has 0 radical (unpaired) electrons. The van der Waals surface area contributed by atoms with E-state index in [9.17, 15) is 15.0 Å². The van der Waals surface area contributed by atoms with Crippen LogP contribution in [0.15, 0.2) is 66.7 Å². The molecule has 0 unspecified atom stereocenters. The lowest BCUT2D eigenvalue weighted by Gasteiger charge is -2.10. The third kappa shape index (κ3) is 4.47. The van der Waals surface area contributed by atoms with E-state index in [4.69, 9.17) is 4.74 Å². The van der Waals surface area contributed by atoms with E-state index in [1.807, 2.05) is 61.5 Å². The lowest BCUT2D eigenvalue weighted by Crippen LogP contribution is -2.12. The van der Waals surface area contributed by atoms with Gasteiger partial charge in [-0.25, -0.2) is 0 Å². The molecule has 0 atom stereocenters. The molecular weight excluding hydrogens is 340 g/mol. The molecule has 138 valence electrons. The number of phenolic OH excluding ortho intramolecular Hbond substituents is 2. The smallest absolute Gasteiger partial charge is 0.203 e. The van der Waals surface area contributed by atoms with Crippen molar-refractivity contribution in [2.24, 2.45) is 0 Å². The van der Waals surface area contributed by atoms with Crippen LogP contribution in [-0.2, 0) is 6.42 Å². The topological polar surface area (TPSA) is 66.8 Å². The van der Waals surface area contributed by atoms with Gasteiger partial charge in [0.1, 0.15) is 17.2 Å². The average Bonchev–Trinajstić information content (AvgIpc) is 2.69. The molecular formula is C23H22O4. The summed E-state index contributed by atoms with van der Waals surface area (Å²) < 4.78 is 5.57. The van der Waals surface area contributed by atoms with Crippen LogP contribution in [0.2, 0.25) is 0 Å². The van der Waals surface area contributed by atoms with Gasteiger partial charge in [-0.05, 0) is 41.3 Å². The van der Waals surface area contributed by atoms with E-state index in [2.05, 4.69) is 0 Å². The summed E-state index contributed by atoms with van der Waals surface area (Å²) in [6.45, 7) is 1.80. The molecule has 0 fully saturated rings. The number of ether oxygens (including phenoxy) is 1. The van der Waals surface area contributed by atoms with E-state index in [-0.39, 0.29) is 29.5 Å². The third-order valence-corrected chi connectivity index (χ3v) is 4.35. The third-order valence-electron chi connectivity index (χ3n) is 4.35. The first-order valence-electron chi connectivity index (χ1n) is 8.95. The van der Waals surface area contributed by atoms with Crippen LogP contribution in [0.25, 0.3) is 11.1 Å². The number of phenols is 2. The fraction of sp³-hybridized carbons (Fsp3) is 0.174. The molecule has 3 rings (SSSR count). The van der Waals surface area contributed by atoms with Crippen molar-refractivity contribution < 1.29 is 19.7 Å². The van der Waals surface area contributed by atoms with Gasteiger partial charge < -0.3 is 14.9 Å². The minimum absolute atomic E-state index is 0.00307. The van der Waals surface area contributed by atoms with Crippen LogP contribution in [0.5, 0.6) is 17.2 Å². The molecule has 0 aliphatic carbocycles. The number of hydrogen-bond acceptors (Lipinski definition) is 4. The summed E-state index contributed by atoms with van der Waals surface area (Å²) in [7, 11) is 0. The normalized spacial score (nSPS) is 10.6. The number of benzene rings is 3. The number of aromatic hydroxyl groups is 2. The highest BCUT2D eigenvalue weighted by Gasteiger charge is 2.15. The second-order valence-electron chi connectivity index (χ2n) is 6.35. The van der Waals surface area contributed by atoms with Gasteiger partial charge in [0.05, 0.1) is 5.56 Å². The van der Waals surface area contributed by atoms with Gasteiger partial charge in [-0.2, -0.15) is 0 Å². The van der Waals surface area contributed by atoms with Crippen LogP contribution in [-0.4, -0.2) is 22.6 Å². The molecule has 0 saturated carbocycles. The monoisotopic (exact) mass is 362 g/mol. The Morgan fingerprint density at radius 3 is 2.22 bits per heavy atom. The standard InChI is InChI=1S/C23H22O4/c1-2-6-18-13-20(22(25)14-21(18)24)23(26)15-27-19-11-9-17(10-12-19)16-7-4-3-5-8-16/h3-5,7-14,24-25H,2,6,15H2,1H3. The summed E-state index contributed by atoms with van der Waals surface area (Å²) in [6.07, 6.45) is 1.46. The van der Waals surface area contributed by atoms with E-state index >= 15 is 0 Å². The first-order chi connectivity index (χ1) is 13.1. The molecule has 3 aromatic rings. The fourth-order valence-corrected chi connectivity index (χ4v) is 2.92. The molecule has 4 nitrogen and oxygen atoms in total. The van der Waals surface area contributed by atoms with Crippen molar-refractivity contribution in [1.29, 1.82) is 0 Å². The van der Waals surface area contributed by atoms with Crippen LogP contribution in [0, 0.1) is 0 Å². The number of ketones is 1. The first-order valence-corrected chi connectivity index (χ1v) is 8.95. The van der Waals surface area contributed by atoms with Crippen molar-refractivity contribution in [2.45, 2.75) is 19.8 Å². The molecule has 0 spiro atoms. The lowest BCUT2D eigenvalue weighted by molar-refractivity contribution is 0.0918. The van der Waals surface area contributed by atoms with Crippen LogP contribution in [0.1, 0.15) is 29.3 Å². The largest absolute Gasteiger partial charge is 0.508 e. The maximum Gasteiger partial charge on any atom is 0.203 e. The van der Waals surface area contributed by atoms with Gasteiger partial charge in [-0.1, -0.05) is 55.8 Å². The van der Waals surface area contributed by atoms with Gasteiger partial charge >= 0.3 is 0 Å². The number of hydrogen-bond donors (Lipinski definition) is 2. The van der Waals surface area contributed by atoms with E-state index in [1.54, 1.807) is 6.07 Å². The van der Waals surface area contributed by atoms with Gasteiger partial charge in [0.2, 0.25) is 5.78 Å². The van der Waals surface area contributed by atoms with Crippen LogP contribution in [0.3, 0.4) is 0 Å². The molecule has 2 N–H and O–H groups in total. The van der Waals surface area contributed by atoms with Crippen LogP contribution < -0.4 is 4.74 Å². The zero-order valence-corrected chi connectivity index (χ0v) is 15.2. The zero-order valence-electron chi connectivity index (χ0n) is 15.2. The summed E-state index contributed by atoms with van der Waals surface area (Å²) in [4.78, 5) is 12.4. The molecule has 0 heterocycles. The van der Waals surface area contributed by atoms with Gasteiger partial charge in [-0.15, -0.1) is 0 Å². The molecule has 3 aromatic carbocycles. The highest BCUT2D eigenvalue weighted by molar-refractivity contribution is 6.00. The minimum Gasteiger partial charge on any atom is -0.508 e. The second-order valence-corrected chi connectivity index (χ2v) is 6.35. The van der Waals surface area contributed by atoms with E-state index in [1.165, 1.54) is 6.07 Å². The second kappa shape index (κ2) is 8.41. The predicted molar refractivity (Wildman–Crippen MR) is 105 cm³/mol. The predicted octanol–water partition coefficient (Wildman–Crippen LogP) is 4.98. The maximum absolute atomic E-state index is 12.4. The highest BCUT2D eigenvalue weighted by atomic mass is 16.5. The summed E-state index contributed by atoms with van der Waals surface area (Å²) in [5.41, 5.74) is 2.98. The van der Waals surface area contributed by atoms with Crippen LogP contribution >= 0.6 is 0 Å². The van der Waals surface area contributed by atoms with Gasteiger partial charge in [0.15, 0.2) is 6.61 Å². The molecule has 0 bridgehead atoms. The van der Waals surface area contributed by atoms with Gasteiger partial charge in [-0.3, -0.25) is 4.79 Å². The van der Waals surface area contributed by atoms with E-state index < -0.39 is 0 Å². The summed E-state index contributed by atoms with van der Waals surface area (Å²) in [5, 5.41) is 19.8. The SMILES string of the molecule is CCCc1cc(C(=O)COc2ccc(-c3ccccc3)cc2)c(O)cc1O. The number of rotatable bonds is 7. The first kappa shape index (κ1) is 18.5. The molecule has 0 aromatic heterocycles. The Balaban J connectivity index is 1.68. The minimum atomic E-state index is -0.336. The average molecular weight is 362 g/mol. The molecule has 0 saturated heterocycles. The number of aryl methyl sites for hydroxylation is 1. The highest BCUT2D eigenvalue weighted by Crippen LogP contribution is 2.29. The quantitative estimate of drug-likeness (QED) is 0.582. The van der Waals surface area contributed by atoms with Crippen molar-refractivity contribution in [3.63, 3.8) is 0 Å². The Morgan fingerprint density at radius 1 is 0.889 bits per heavy atom. The van der Waals surface area contributed by atoms with Crippen LogP contribution in [0.4, 0.5) is 0 Å². The molecule has 0 aliphatic rings. The van der Waals surface area contributed by atoms with Crippen molar-refractivity contribution in [3.05, 3.63) is 77.9 Å². The fourth-order valence-electron chi connectivity index (χ4n) is 2.92. The Morgan fingerprint density at radius 2 is 1.56 bits per heavy atom. The van der Waals surface area contributed by atoms with Crippen molar-refractivity contribution in [3.8, 4) is 28.4 Å². The Kier molecular flexibility index (Phi) is 5.77. The van der Waals surface area contributed by atoms with Crippen molar-refractivity contribution >= 4 is 5.78 Å². The molecule has 4 heteroatoms. The van der Waals surface area contributed by atoms with Crippen molar-refractivity contribution in [1.82, 2.24) is 0 Å². The van der Waals surface area contributed by atoms with Gasteiger partial charge in [0.25, 0.3) is 0 Å². The Hall–Kier alpha value is -3.27. The Bertz CT molecular complexity index is 915. The number of carbonyl (C=O) groups is 1. The van der Waals surface area contributed by atoms with E-state index in [0.717, 1.165) is 17.5 Å². The van der Waals surface area contributed by atoms with Gasteiger partial charge in [0, 0.05) is 6.07 Å². The zero-order chi connectivity index (χ0) is 19.2. The molecule has 0 aliphatic heterocycles.